The number of hydrogen-bond donors (Lipinski definition) is 2. The molecule has 0 heterocycles. The van der Waals surface area contributed by atoms with E-state index >= 15 is 8.78 Å². The molecule has 0 bridgehead atoms. The number of hydrogen-bond acceptors (Lipinski definition) is 5. The Labute approximate surface area is 305 Å². The molecule has 8 nitrogen and oxygen atoms in total. The van der Waals surface area contributed by atoms with E-state index < -0.39 is 80.0 Å². The minimum Gasteiger partial charge on any atom is -0.507 e. The number of phenols is 1. The molecule has 0 aromatic heterocycles. The highest BCUT2D eigenvalue weighted by molar-refractivity contribution is 7.89. The monoisotopic (exact) mass is 762 g/mol. The number of carbonyl (C=O) groups excluding carboxylic acids is 1. The minimum atomic E-state index is -5.50. The summed E-state index contributed by atoms with van der Waals surface area (Å²) < 4.78 is 88.3. The first-order chi connectivity index (χ1) is 23.9. The summed E-state index contributed by atoms with van der Waals surface area (Å²) in [5, 5.41) is 20.3. The summed E-state index contributed by atoms with van der Waals surface area (Å²) in [4.78, 5) is 25.2. The molecule has 0 radical (unpaired) electrons. The van der Waals surface area contributed by atoms with Crippen LogP contribution in [0.25, 0.3) is 0 Å². The molecule has 2 N–H and O–H groups in total. The van der Waals surface area contributed by atoms with E-state index in [1.807, 2.05) is 59.7 Å². The molecular weight excluding hydrogens is 724 g/mol. The van der Waals surface area contributed by atoms with Crippen LogP contribution in [0.15, 0.2) is 65.6 Å². The van der Waals surface area contributed by atoms with Crippen LogP contribution in [0.2, 0.25) is 5.02 Å². The number of halogens is 5. The second kappa shape index (κ2) is 14.9. The van der Waals surface area contributed by atoms with Crippen molar-refractivity contribution in [3.8, 4) is 5.75 Å². The summed E-state index contributed by atoms with van der Waals surface area (Å²) in [6, 6.07) is 14.7. The lowest BCUT2D eigenvalue weighted by Gasteiger charge is -2.30. The maximum Gasteiger partial charge on any atom is 0.339 e. The molecule has 0 fully saturated rings. The van der Waals surface area contributed by atoms with Crippen molar-refractivity contribution in [2.75, 3.05) is 11.4 Å². The maximum absolute atomic E-state index is 15.2. The maximum atomic E-state index is 15.2. The average Bonchev–Trinajstić information content (AvgIpc) is 3.04. The van der Waals surface area contributed by atoms with Crippen LogP contribution in [0.5, 0.6) is 5.75 Å². The zero-order chi connectivity index (χ0) is 39.1. The van der Waals surface area contributed by atoms with E-state index in [1.165, 1.54) is 30.3 Å². The van der Waals surface area contributed by atoms with Gasteiger partial charge in [-0.1, -0.05) is 83.5 Å². The summed E-state index contributed by atoms with van der Waals surface area (Å²) in [6.45, 7) is 10.7. The van der Waals surface area contributed by atoms with Gasteiger partial charge in [0.25, 0.3) is 0 Å². The van der Waals surface area contributed by atoms with Crippen LogP contribution in [-0.2, 0) is 38.7 Å². The Balaban J connectivity index is 1.91. The highest BCUT2D eigenvalue weighted by atomic mass is 35.5. The highest BCUT2D eigenvalue weighted by Gasteiger charge is 2.38. The molecular formula is C38H39ClF4N2O6S. The van der Waals surface area contributed by atoms with Gasteiger partial charge in [0.2, 0.25) is 15.9 Å². The Morgan fingerprint density at radius 3 is 1.73 bits per heavy atom. The van der Waals surface area contributed by atoms with Crippen LogP contribution in [0.3, 0.4) is 0 Å². The molecule has 14 heteroatoms. The third-order valence-corrected chi connectivity index (χ3v) is 10.6. The van der Waals surface area contributed by atoms with Crippen molar-refractivity contribution in [1.82, 2.24) is 4.31 Å². The third-order valence-electron chi connectivity index (χ3n) is 8.51. The van der Waals surface area contributed by atoms with E-state index in [-0.39, 0.29) is 33.6 Å². The number of benzene rings is 4. The number of carboxylic acids is 1. The van der Waals surface area contributed by atoms with Gasteiger partial charge in [0.1, 0.15) is 11.3 Å². The largest absolute Gasteiger partial charge is 0.507 e. The summed E-state index contributed by atoms with van der Waals surface area (Å²) in [5.41, 5.74) is 0.335. The second-order valence-corrected chi connectivity index (χ2v) is 16.8. The molecule has 1 amide bonds. The van der Waals surface area contributed by atoms with Crippen LogP contribution in [-0.4, -0.2) is 41.4 Å². The fourth-order valence-corrected chi connectivity index (χ4v) is 6.97. The normalized spacial score (nSPS) is 12.3. The molecule has 0 spiro atoms. The molecule has 4 aromatic rings. The first-order valence-electron chi connectivity index (χ1n) is 16.0. The van der Waals surface area contributed by atoms with Gasteiger partial charge in [-0.3, -0.25) is 4.79 Å². The van der Waals surface area contributed by atoms with Crippen LogP contribution < -0.4 is 4.90 Å². The van der Waals surface area contributed by atoms with Crippen LogP contribution >= 0.6 is 11.6 Å². The standard InChI is InChI=1S/C38H39ClF4N2O6S/c1-21-31(40)33(42)35(34(43)32(21)41)52(50,51)44(18-22-8-10-26(39)11-9-22)20-30(47)45(27-12-13-28(36(48)49)29(46)17-27)19-23-14-24(37(2,3)4)16-25(15-23)38(5,6)7/h8-17,46H,18-20H2,1-7H3,(H,48,49). The van der Waals surface area contributed by atoms with Gasteiger partial charge in [-0.25, -0.2) is 30.8 Å². The quantitative estimate of drug-likeness (QED) is 0.124. The van der Waals surface area contributed by atoms with Gasteiger partial charge >= 0.3 is 5.97 Å². The van der Waals surface area contributed by atoms with E-state index in [1.54, 1.807) is 0 Å². The van der Waals surface area contributed by atoms with Gasteiger partial charge in [0.15, 0.2) is 28.2 Å². The van der Waals surface area contributed by atoms with Crippen molar-refractivity contribution < 1.29 is 45.8 Å². The van der Waals surface area contributed by atoms with Gasteiger partial charge in [-0.05, 0) is 64.3 Å². The number of sulfonamides is 1. The van der Waals surface area contributed by atoms with Crippen molar-refractivity contribution >= 4 is 39.2 Å². The molecule has 0 saturated carbocycles. The molecule has 4 aromatic carbocycles. The van der Waals surface area contributed by atoms with Gasteiger partial charge < -0.3 is 15.1 Å². The fraction of sp³-hybridized carbons (Fsp3) is 0.316. The zero-order valence-electron chi connectivity index (χ0n) is 29.6. The van der Waals surface area contributed by atoms with Crippen molar-refractivity contribution in [2.24, 2.45) is 0 Å². The van der Waals surface area contributed by atoms with Crippen LogP contribution in [0.4, 0.5) is 23.2 Å². The smallest absolute Gasteiger partial charge is 0.339 e. The van der Waals surface area contributed by atoms with E-state index in [4.69, 9.17) is 11.6 Å². The number of carbonyl (C=O) groups is 2. The Morgan fingerprint density at radius 2 is 1.27 bits per heavy atom. The van der Waals surface area contributed by atoms with Gasteiger partial charge in [-0.2, -0.15) is 4.31 Å². The van der Waals surface area contributed by atoms with E-state index in [9.17, 15) is 37.0 Å². The van der Waals surface area contributed by atoms with Gasteiger partial charge in [0.05, 0.1) is 13.1 Å². The lowest BCUT2D eigenvalue weighted by Crippen LogP contribution is -2.43. The Kier molecular flexibility index (Phi) is 11.5. The third kappa shape index (κ3) is 8.59. The number of nitrogens with zero attached hydrogens (tertiary/aromatic N) is 2. The Hall–Kier alpha value is -4.46. The van der Waals surface area contributed by atoms with Crippen molar-refractivity contribution in [3.05, 3.63) is 122 Å². The lowest BCUT2D eigenvalue weighted by molar-refractivity contribution is -0.119. The van der Waals surface area contributed by atoms with E-state index in [0.29, 0.717) is 9.87 Å². The topological polar surface area (TPSA) is 115 Å². The number of carboxylic acid groups (broad SMARTS) is 1. The molecule has 0 aliphatic carbocycles. The SMILES string of the molecule is Cc1c(F)c(F)c(S(=O)(=O)N(CC(=O)N(Cc2cc(C(C)(C)C)cc(C(C)(C)C)c2)c2ccc(C(=O)O)c(O)c2)Cc2ccc(Cl)cc2)c(F)c1F. The van der Waals surface area contributed by atoms with Crippen molar-refractivity contribution in [1.29, 1.82) is 0 Å². The number of aromatic hydroxyl groups is 1. The predicted octanol–water partition coefficient (Wildman–Crippen LogP) is 8.63. The fourth-order valence-electron chi connectivity index (χ4n) is 5.36. The number of aromatic carboxylic acids is 1. The number of anilines is 1. The molecule has 0 aliphatic rings. The summed E-state index contributed by atoms with van der Waals surface area (Å²) in [6.07, 6.45) is 0. The Morgan fingerprint density at radius 1 is 0.750 bits per heavy atom. The predicted molar refractivity (Wildman–Crippen MR) is 190 cm³/mol. The second-order valence-electron chi connectivity index (χ2n) is 14.5. The zero-order valence-corrected chi connectivity index (χ0v) is 31.2. The van der Waals surface area contributed by atoms with Gasteiger partial charge in [0, 0.05) is 28.9 Å². The highest BCUT2D eigenvalue weighted by Crippen LogP contribution is 2.34. The molecule has 0 saturated heterocycles. The average molecular weight is 763 g/mol. The molecule has 0 aliphatic heterocycles. The minimum absolute atomic E-state index is 0.0420. The molecule has 278 valence electrons. The first kappa shape index (κ1) is 40.3. The first-order valence-corrected chi connectivity index (χ1v) is 17.8. The summed E-state index contributed by atoms with van der Waals surface area (Å²) in [7, 11) is -5.50. The van der Waals surface area contributed by atoms with E-state index in [2.05, 4.69) is 0 Å². The Bertz CT molecular complexity index is 2090. The van der Waals surface area contributed by atoms with Crippen molar-refractivity contribution in [3.63, 3.8) is 0 Å². The summed E-state index contributed by atoms with van der Waals surface area (Å²) in [5.74, 6) is -11.3. The molecule has 0 unspecified atom stereocenters. The molecule has 0 atom stereocenters. The number of rotatable bonds is 10. The number of amides is 1. The van der Waals surface area contributed by atoms with Gasteiger partial charge in [-0.15, -0.1) is 0 Å². The van der Waals surface area contributed by atoms with Crippen LogP contribution in [0.1, 0.15) is 79.7 Å². The van der Waals surface area contributed by atoms with Crippen molar-refractivity contribution in [2.45, 2.75) is 77.3 Å². The van der Waals surface area contributed by atoms with Crippen LogP contribution in [0, 0.1) is 30.2 Å². The molecule has 4 rings (SSSR count). The van der Waals surface area contributed by atoms with E-state index in [0.717, 1.165) is 35.1 Å². The lowest BCUT2D eigenvalue weighted by atomic mass is 9.79. The molecule has 52 heavy (non-hydrogen) atoms. The summed E-state index contributed by atoms with van der Waals surface area (Å²) >= 11 is 5.99.